The van der Waals surface area contributed by atoms with Crippen molar-refractivity contribution < 1.29 is 29.0 Å². The molecule has 0 fully saturated rings. The number of fused-ring (bicyclic) bond motifs is 1. The lowest BCUT2D eigenvalue weighted by Gasteiger charge is -2.36. The van der Waals surface area contributed by atoms with Crippen molar-refractivity contribution >= 4 is 18.0 Å². The van der Waals surface area contributed by atoms with Gasteiger partial charge in [0, 0.05) is 11.8 Å². The van der Waals surface area contributed by atoms with Crippen LogP contribution in [0, 0.1) is 0 Å². The minimum atomic E-state index is -1.08. The fraction of sp³-hybridized carbons (Fsp3) is 0.500. The van der Waals surface area contributed by atoms with E-state index >= 15 is 0 Å². The summed E-state index contributed by atoms with van der Waals surface area (Å²) >= 11 is 0. The van der Waals surface area contributed by atoms with Crippen LogP contribution in [0.15, 0.2) is 24.3 Å². The number of esters is 1. The van der Waals surface area contributed by atoms with Crippen LogP contribution in [0.3, 0.4) is 0 Å². The van der Waals surface area contributed by atoms with Gasteiger partial charge in [0.2, 0.25) is 0 Å². The quantitative estimate of drug-likeness (QED) is 0.700. The highest BCUT2D eigenvalue weighted by atomic mass is 16.6. The number of aromatic nitrogens is 2. The smallest absolute Gasteiger partial charge is 0.411 e. The number of carbonyl (C=O) groups is 3. The number of benzene rings is 1. The third-order valence-corrected chi connectivity index (χ3v) is 5.36. The van der Waals surface area contributed by atoms with Gasteiger partial charge in [-0.3, -0.25) is 4.90 Å². The number of hydrogen-bond acceptors (Lipinski definition) is 6. The minimum Gasteiger partial charge on any atom is -0.477 e. The Labute approximate surface area is 193 Å². The summed E-state index contributed by atoms with van der Waals surface area (Å²) in [5, 5.41) is 14.2. The third kappa shape index (κ3) is 5.18. The first-order valence-electron chi connectivity index (χ1n) is 10.7. The van der Waals surface area contributed by atoms with Crippen LogP contribution >= 0.6 is 0 Å². The molecule has 9 heteroatoms. The lowest BCUT2D eigenvalue weighted by atomic mass is 9.92. The Kier molecular flexibility index (Phi) is 6.28. The highest BCUT2D eigenvalue weighted by Gasteiger charge is 2.38. The van der Waals surface area contributed by atoms with Crippen molar-refractivity contribution in [1.82, 2.24) is 14.7 Å². The Morgan fingerprint density at radius 1 is 1.06 bits per heavy atom. The maximum atomic E-state index is 12.8. The first-order chi connectivity index (χ1) is 15.2. The third-order valence-electron chi connectivity index (χ3n) is 5.36. The molecular weight excluding hydrogens is 426 g/mol. The summed E-state index contributed by atoms with van der Waals surface area (Å²) in [7, 11) is 1.28. The van der Waals surface area contributed by atoms with Gasteiger partial charge in [-0.1, -0.05) is 26.8 Å². The molecule has 3 rings (SSSR count). The van der Waals surface area contributed by atoms with Crippen molar-refractivity contribution in [2.45, 2.75) is 71.6 Å². The van der Waals surface area contributed by atoms with Crippen molar-refractivity contribution in [2.24, 2.45) is 0 Å². The molecule has 0 saturated heterocycles. The SMILES string of the molecule is COC(=O)C1Cc2cc(-n3nc(C(C)(C)C)cc3C(=O)O)ccc2CN1C(=O)OC(C)(C)C. The van der Waals surface area contributed by atoms with Gasteiger partial charge in [0.1, 0.15) is 11.6 Å². The van der Waals surface area contributed by atoms with Gasteiger partial charge in [0.15, 0.2) is 5.69 Å². The zero-order valence-electron chi connectivity index (χ0n) is 20.1. The van der Waals surface area contributed by atoms with Crippen LogP contribution in [0.25, 0.3) is 5.69 Å². The second kappa shape index (κ2) is 8.53. The molecule has 0 spiro atoms. The molecule has 0 radical (unpaired) electrons. The summed E-state index contributed by atoms with van der Waals surface area (Å²) in [6, 6.07) is 6.11. The summed E-state index contributed by atoms with van der Waals surface area (Å²) in [4.78, 5) is 38.5. The molecule has 33 heavy (non-hydrogen) atoms. The van der Waals surface area contributed by atoms with Gasteiger partial charge in [0.05, 0.1) is 25.0 Å². The number of carbonyl (C=O) groups excluding carboxylic acids is 2. The normalized spacial score (nSPS) is 16.2. The summed E-state index contributed by atoms with van der Waals surface area (Å²) in [6.07, 6.45) is -0.382. The summed E-state index contributed by atoms with van der Waals surface area (Å²) in [5.41, 5.74) is 1.89. The Balaban J connectivity index is 2.02. The average molecular weight is 458 g/mol. The van der Waals surface area contributed by atoms with Crippen LogP contribution in [0.1, 0.15) is 68.9 Å². The number of carboxylic acid groups (broad SMARTS) is 1. The van der Waals surface area contributed by atoms with Crippen molar-refractivity contribution in [3.63, 3.8) is 0 Å². The minimum absolute atomic E-state index is 0.0515. The maximum absolute atomic E-state index is 12.8. The molecule has 1 aliphatic rings. The second-order valence-electron chi connectivity index (χ2n) is 10.2. The van der Waals surface area contributed by atoms with Gasteiger partial charge in [-0.2, -0.15) is 5.10 Å². The molecule has 0 bridgehead atoms. The topological polar surface area (TPSA) is 111 Å². The van der Waals surface area contributed by atoms with Gasteiger partial charge < -0.3 is 14.6 Å². The van der Waals surface area contributed by atoms with Crippen LogP contribution in [0.2, 0.25) is 0 Å². The van der Waals surface area contributed by atoms with E-state index in [4.69, 9.17) is 9.47 Å². The molecule has 9 nitrogen and oxygen atoms in total. The lowest BCUT2D eigenvalue weighted by molar-refractivity contribution is -0.147. The monoisotopic (exact) mass is 457 g/mol. The fourth-order valence-corrected chi connectivity index (χ4v) is 3.66. The van der Waals surface area contributed by atoms with E-state index in [2.05, 4.69) is 5.10 Å². The molecule has 2 aromatic rings. The number of amides is 1. The zero-order valence-corrected chi connectivity index (χ0v) is 20.1. The Morgan fingerprint density at radius 3 is 2.27 bits per heavy atom. The van der Waals surface area contributed by atoms with Crippen molar-refractivity contribution in [1.29, 1.82) is 0 Å². The van der Waals surface area contributed by atoms with E-state index in [1.165, 1.54) is 16.7 Å². The average Bonchev–Trinajstić information content (AvgIpc) is 3.17. The molecular formula is C24H31N3O6. The van der Waals surface area contributed by atoms with E-state index < -0.39 is 29.7 Å². The van der Waals surface area contributed by atoms with Crippen LogP contribution in [0.5, 0.6) is 0 Å². The fourth-order valence-electron chi connectivity index (χ4n) is 3.66. The van der Waals surface area contributed by atoms with Crippen LogP contribution in [-0.2, 0) is 32.6 Å². The predicted octanol–water partition coefficient (Wildman–Crippen LogP) is 3.70. The van der Waals surface area contributed by atoms with Gasteiger partial charge >= 0.3 is 18.0 Å². The number of aromatic carboxylic acids is 1. The standard InChI is InChI=1S/C24H31N3O6/c1-23(2,3)19-12-17(20(28)29)27(25-19)16-9-8-14-13-26(22(31)33-24(4,5)6)18(21(30)32-7)11-15(14)10-16/h8-10,12,18H,11,13H2,1-7H3,(H,28,29). The molecule has 2 heterocycles. The number of nitrogens with zero attached hydrogens (tertiary/aromatic N) is 3. The summed E-state index contributed by atoms with van der Waals surface area (Å²) in [5.74, 6) is -1.63. The number of hydrogen-bond donors (Lipinski definition) is 1. The first kappa shape index (κ1) is 24.3. The van der Waals surface area contributed by atoms with E-state index in [0.717, 1.165) is 11.1 Å². The molecule has 1 amide bonds. The van der Waals surface area contributed by atoms with Crippen LogP contribution in [0.4, 0.5) is 4.79 Å². The predicted molar refractivity (Wildman–Crippen MR) is 121 cm³/mol. The van der Waals surface area contributed by atoms with Crippen molar-refractivity contribution in [3.8, 4) is 5.69 Å². The highest BCUT2D eigenvalue weighted by Crippen LogP contribution is 2.29. The molecule has 1 aromatic carbocycles. The van der Waals surface area contributed by atoms with Crippen molar-refractivity contribution in [3.05, 3.63) is 46.8 Å². The first-order valence-corrected chi connectivity index (χ1v) is 10.7. The zero-order chi connectivity index (χ0) is 24.7. The molecule has 0 aliphatic carbocycles. The second-order valence-corrected chi connectivity index (χ2v) is 10.2. The Hall–Kier alpha value is -3.36. The molecule has 178 valence electrons. The number of carboxylic acids is 1. The largest absolute Gasteiger partial charge is 0.477 e. The van der Waals surface area contributed by atoms with E-state index in [0.29, 0.717) is 11.4 Å². The molecule has 1 unspecified atom stereocenters. The highest BCUT2D eigenvalue weighted by molar-refractivity contribution is 5.87. The lowest BCUT2D eigenvalue weighted by Crippen LogP contribution is -2.50. The van der Waals surface area contributed by atoms with Gasteiger partial charge in [0.25, 0.3) is 0 Å². The summed E-state index contributed by atoms with van der Waals surface area (Å²) in [6.45, 7) is 11.3. The molecule has 0 saturated carbocycles. The number of rotatable bonds is 3. The van der Waals surface area contributed by atoms with E-state index in [1.807, 2.05) is 32.9 Å². The van der Waals surface area contributed by atoms with E-state index in [1.54, 1.807) is 32.9 Å². The number of ether oxygens (including phenoxy) is 2. The molecule has 1 N–H and O–H groups in total. The van der Waals surface area contributed by atoms with Crippen LogP contribution < -0.4 is 0 Å². The Morgan fingerprint density at radius 2 is 1.73 bits per heavy atom. The Bertz CT molecular complexity index is 1090. The molecule has 1 aliphatic heterocycles. The van der Waals surface area contributed by atoms with Gasteiger partial charge in [-0.15, -0.1) is 0 Å². The summed E-state index contributed by atoms with van der Waals surface area (Å²) < 4.78 is 11.8. The van der Waals surface area contributed by atoms with Gasteiger partial charge in [-0.25, -0.2) is 19.1 Å². The van der Waals surface area contributed by atoms with E-state index in [-0.39, 0.29) is 24.1 Å². The molecule has 1 aromatic heterocycles. The van der Waals surface area contributed by atoms with Crippen LogP contribution in [-0.4, -0.2) is 56.6 Å². The maximum Gasteiger partial charge on any atom is 0.411 e. The van der Waals surface area contributed by atoms with Crippen molar-refractivity contribution in [2.75, 3.05) is 7.11 Å². The van der Waals surface area contributed by atoms with Gasteiger partial charge in [-0.05, 0) is 50.1 Å². The number of methoxy groups -OCH3 is 1. The van der Waals surface area contributed by atoms with E-state index in [9.17, 15) is 19.5 Å². The molecule has 1 atom stereocenters.